The second-order valence-electron chi connectivity index (χ2n) is 0.0833. The molecule has 0 saturated heterocycles. The number of hydrogen-bond acceptors (Lipinski definition) is 2. The molecule has 0 aliphatic carbocycles. The minimum absolute atomic E-state index is 0. The molecule has 0 heterocycles. The van der Waals surface area contributed by atoms with E-state index in [1.165, 1.54) is 0 Å². The smallest absolute Gasteiger partial charge is 1.00 e. The molecule has 0 aromatic heterocycles. The first-order valence-electron chi connectivity index (χ1n) is 0.408. The predicted molar refractivity (Wildman–Crippen MR) is 7.13 cm³/mol. The quantitative estimate of drug-likeness (QED) is 0.374. The van der Waals surface area contributed by atoms with Crippen molar-refractivity contribution in [3.8, 4) is 0 Å². The van der Waals surface area contributed by atoms with E-state index in [1.807, 2.05) is 0 Å². The molecule has 0 N–H and O–H groups in total. The summed E-state index contributed by atoms with van der Waals surface area (Å²) in [6.07, 6.45) is 0. The van der Waals surface area contributed by atoms with Crippen LogP contribution < -0.4 is 73.6 Å². The summed E-state index contributed by atoms with van der Waals surface area (Å²) >= 11 is 0. The van der Waals surface area contributed by atoms with Crippen LogP contribution in [0.2, 0.25) is 0 Å². The first kappa shape index (κ1) is 15.8. The van der Waals surface area contributed by atoms with Gasteiger partial charge in [0, 0.05) is 0 Å². The maximum absolute atomic E-state index is 8.40. The van der Waals surface area contributed by atoms with Gasteiger partial charge >= 0.3 is 78.2 Å². The predicted octanol–water partition coefficient (Wildman–Crippen LogP) is -6.61. The average molecular weight is 212 g/mol. The fourth-order valence-corrected chi connectivity index (χ4v) is 0. The van der Waals surface area contributed by atoms with Gasteiger partial charge in [0.1, 0.15) is 0 Å². The van der Waals surface area contributed by atoms with Gasteiger partial charge in [0.05, 0.1) is 0 Å². The third kappa shape index (κ3) is 25.9. The summed E-state index contributed by atoms with van der Waals surface area (Å²) < 4.78 is 16.8. The maximum atomic E-state index is 8.40. The van der Waals surface area contributed by atoms with E-state index < -0.39 is 9.29 Å². The van der Waals surface area contributed by atoms with Gasteiger partial charge in [-0.05, 0) is 0 Å². The van der Waals surface area contributed by atoms with Gasteiger partial charge in [-0.15, -0.1) is 0 Å². The summed E-state index contributed by atoms with van der Waals surface area (Å²) in [6.45, 7) is 0. The van der Waals surface area contributed by atoms with E-state index in [9.17, 15) is 0 Å². The van der Waals surface area contributed by atoms with Crippen molar-refractivity contribution in [2.45, 2.75) is 0 Å². The van der Waals surface area contributed by atoms with Crippen LogP contribution in [0.3, 0.4) is 0 Å². The normalized spacial score (nSPS) is 1.60. The van der Waals surface area contributed by atoms with Gasteiger partial charge < -0.3 is 4.70 Å². The zero-order valence-corrected chi connectivity index (χ0v) is 9.97. The van der Waals surface area contributed by atoms with Crippen molar-refractivity contribution in [2.75, 3.05) is 0 Å². The minimum Gasteiger partial charge on any atom is -1.00 e. The van der Waals surface area contributed by atoms with Gasteiger partial charge in [-0.1, -0.05) is 0 Å². The summed E-state index contributed by atoms with van der Waals surface area (Å²) in [7, 11) is -1.42. The van der Waals surface area contributed by atoms with E-state index in [0.717, 1.165) is 0 Å². The van der Waals surface area contributed by atoms with Crippen molar-refractivity contribution < 1.29 is 82.5 Å². The van der Waals surface area contributed by atoms with E-state index >= 15 is 0 Å². The third-order valence-corrected chi connectivity index (χ3v) is 0. The van der Waals surface area contributed by atoms with Crippen molar-refractivity contribution in [3.05, 3.63) is 0 Å². The molecule has 0 fully saturated rings. The summed E-state index contributed by atoms with van der Waals surface area (Å²) in [5.74, 6) is 0. The van der Waals surface area contributed by atoms with E-state index in [0.29, 0.717) is 0 Å². The largest absolute Gasteiger partial charge is 1.00 e. The molecule has 5 heteroatoms. The Hall–Kier alpha value is 1.80. The molecule has 0 spiro atoms. The van der Waals surface area contributed by atoms with Crippen molar-refractivity contribution in [2.24, 2.45) is 0 Å². The molecule has 0 radical (unpaired) electrons. The molecule has 0 atom stereocenters. The SMILES string of the molecule is O=[Si]=O.[Cs+].[F-]. The van der Waals surface area contributed by atoms with Crippen molar-refractivity contribution in [3.63, 3.8) is 0 Å². The first-order chi connectivity index (χ1) is 1.41. The molecule has 5 heavy (non-hydrogen) atoms. The molecular formula is CsFO2Si. The minimum atomic E-state index is -1.42. The van der Waals surface area contributed by atoms with Crippen molar-refractivity contribution >= 4 is 9.29 Å². The fourth-order valence-electron chi connectivity index (χ4n) is 0. The third-order valence-electron chi connectivity index (χ3n) is 0. The van der Waals surface area contributed by atoms with Gasteiger partial charge in [-0.25, -0.2) is 0 Å². The summed E-state index contributed by atoms with van der Waals surface area (Å²) in [5.41, 5.74) is 0. The Balaban J connectivity index is -0.0000000200. The van der Waals surface area contributed by atoms with Gasteiger partial charge in [0.15, 0.2) is 0 Å². The van der Waals surface area contributed by atoms with Crippen LogP contribution >= 0.6 is 0 Å². The van der Waals surface area contributed by atoms with Crippen LogP contribution in [0.15, 0.2) is 0 Å². The Morgan fingerprint density at radius 3 is 1.20 bits per heavy atom. The van der Waals surface area contributed by atoms with Crippen LogP contribution in [0.1, 0.15) is 0 Å². The number of halogens is 1. The molecule has 2 nitrogen and oxygen atoms in total. The monoisotopic (exact) mass is 212 g/mol. The Labute approximate surface area is 89.4 Å². The second-order valence-corrected chi connectivity index (χ2v) is 0.250. The van der Waals surface area contributed by atoms with Crippen LogP contribution in [-0.4, -0.2) is 9.29 Å². The zero-order valence-electron chi connectivity index (χ0n) is 2.69. The average Bonchev–Trinajstić information content (AvgIpc) is 0.918. The van der Waals surface area contributed by atoms with Crippen LogP contribution in [-0.2, 0) is 8.92 Å². The van der Waals surface area contributed by atoms with Gasteiger partial charge in [-0.2, -0.15) is 0 Å². The van der Waals surface area contributed by atoms with E-state index in [4.69, 9.17) is 8.92 Å². The summed E-state index contributed by atoms with van der Waals surface area (Å²) in [5, 5.41) is 0. The summed E-state index contributed by atoms with van der Waals surface area (Å²) in [6, 6.07) is 0. The molecule has 0 aliphatic heterocycles. The first-order valence-corrected chi connectivity index (χ1v) is 1.22. The Morgan fingerprint density at radius 2 is 1.20 bits per heavy atom. The zero-order chi connectivity index (χ0) is 2.71. The van der Waals surface area contributed by atoms with Gasteiger partial charge in [0.25, 0.3) is 0 Å². The molecule has 0 aromatic rings. The van der Waals surface area contributed by atoms with E-state index in [-0.39, 0.29) is 73.6 Å². The molecule has 0 saturated carbocycles. The molecule has 0 aromatic carbocycles. The molecule has 0 rings (SSSR count). The van der Waals surface area contributed by atoms with Crippen molar-refractivity contribution in [1.82, 2.24) is 0 Å². The maximum Gasteiger partial charge on any atom is 1.00 e. The molecule has 0 amide bonds. The van der Waals surface area contributed by atoms with Crippen LogP contribution in [0.4, 0.5) is 0 Å². The molecular weight excluding hydrogens is 212 g/mol. The number of rotatable bonds is 0. The van der Waals surface area contributed by atoms with E-state index in [1.54, 1.807) is 0 Å². The Kier molecular flexibility index (Phi) is 54.0. The molecule has 24 valence electrons. The topological polar surface area (TPSA) is 34.1 Å². The molecule has 0 unspecified atom stereocenters. The fraction of sp³-hybridized carbons (Fsp3) is 0. The Morgan fingerprint density at radius 1 is 1.20 bits per heavy atom. The second kappa shape index (κ2) is 17.0. The summed E-state index contributed by atoms with van der Waals surface area (Å²) in [4.78, 5) is 0. The standard InChI is InChI=1S/Cs.FH.O2Si/c;;1-3-2/h;1H;/q+1;;/p-1. The molecule has 0 bridgehead atoms. The van der Waals surface area contributed by atoms with Crippen LogP contribution in [0.5, 0.6) is 0 Å². The van der Waals surface area contributed by atoms with Crippen molar-refractivity contribution in [1.29, 1.82) is 0 Å². The van der Waals surface area contributed by atoms with Crippen LogP contribution in [0.25, 0.3) is 0 Å². The number of hydrogen-bond donors (Lipinski definition) is 0. The van der Waals surface area contributed by atoms with E-state index in [2.05, 4.69) is 0 Å². The Bertz CT molecular complexity index is 30.6. The van der Waals surface area contributed by atoms with Gasteiger partial charge in [0.2, 0.25) is 0 Å². The molecule has 0 aliphatic rings. The van der Waals surface area contributed by atoms with Gasteiger partial charge in [-0.3, -0.25) is 8.92 Å². The van der Waals surface area contributed by atoms with Crippen LogP contribution in [0, 0.1) is 0 Å².